The third-order valence-corrected chi connectivity index (χ3v) is 3.47. The summed E-state index contributed by atoms with van der Waals surface area (Å²) in [6.45, 7) is 1.65. The molecule has 0 aromatic carbocycles. The third-order valence-electron chi connectivity index (χ3n) is 3.03. The predicted molar refractivity (Wildman–Crippen MR) is 73.9 cm³/mol. The van der Waals surface area contributed by atoms with E-state index in [0.29, 0.717) is 17.9 Å². The van der Waals surface area contributed by atoms with Crippen molar-refractivity contribution in [1.29, 1.82) is 0 Å². The molecule has 5 nitrogen and oxygen atoms in total. The summed E-state index contributed by atoms with van der Waals surface area (Å²) in [6.07, 6.45) is -0.605. The highest BCUT2D eigenvalue weighted by molar-refractivity contribution is 6.31. The summed E-state index contributed by atoms with van der Waals surface area (Å²) in [4.78, 5) is 0. The van der Waals surface area contributed by atoms with E-state index in [1.54, 1.807) is 4.68 Å². The molecule has 1 aromatic rings. The van der Waals surface area contributed by atoms with E-state index in [2.05, 4.69) is 10.5 Å². The van der Waals surface area contributed by atoms with Crippen LogP contribution in [-0.4, -0.2) is 35.5 Å². The van der Waals surface area contributed by atoms with Gasteiger partial charge < -0.3 is 4.74 Å². The molecule has 20 heavy (non-hydrogen) atoms. The number of nitrogens with zero attached hydrogens (tertiary/aromatic N) is 2. The molecule has 116 valence electrons. The summed E-state index contributed by atoms with van der Waals surface area (Å²) in [6, 6.07) is -0.106. The van der Waals surface area contributed by atoms with Crippen LogP contribution in [0.3, 0.4) is 0 Å². The van der Waals surface area contributed by atoms with E-state index < -0.39 is 13.0 Å². The summed E-state index contributed by atoms with van der Waals surface area (Å²) < 4.78 is 30.5. The van der Waals surface area contributed by atoms with Gasteiger partial charge in [0.05, 0.1) is 16.4 Å². The first-order valence-electron chi connectivity index (χ1n) is 6.51. The number of ether oxygens (including phenoxy) is 1. The smallest absolute Gasteiger partial charge is 0.261 e. The standard InChI is InChI=1S/C12H21ClF2N4O/c1-3-9-12(13)10(19(2)18-9)6-8(17-16)4-5-20-7-11(14)15/h8,11,17H,3-7,16H2,1-2H3. The molecule has 0 aliphatic carbocycles. The van der Waals surface area contributed by atoms with E-state index in [4.69, 9.17) is 22.2 Å². The monoisotopic (exact) mass is 310 g/mol. The van der Waals surface area contributed by atoms with E-state index in [-0.39, 0.29) is 12.6 Å². The number of aryl methyl sites for hydroxylation is 2. The van der Waals surface area contributed by atoms with Gasteiger partial charge in [-0.3, -0.25) is 16.0 Å². The quantitative estimate of drug-likeness (QED) is 0.414. The largest absolute Gasteiger partial charge is 0.375 e. The van der Waals surface area contributed by atoms with Gasteiger partial charge in [-0.15, -0.1) is 0 Å². The fourth-order valence-corrected chi connectivity index (χ4v) is 2.29. The molecule has 1 rings (SSSR count). The molecule has 0 amide bonds. The maximum absolute atomic E-state index is 11.9. The zero-order valence-corrected chi connectivity index (χ0v) is 12.5. The normalized spacial score (nSPS) is 13.2. The van der Waals surface area contributed by atoms with Gasteiger partial charge in [0, 0.05) is 26.1 Å². The Labute approximate surface area is 122 Å². The second kappa shape index (κ2) is 8.51. The number of hydrazine groups is 1. The first-order valence-corrected chi connectivity index (χ1v) is 6.89. The van der Waals surface area contributed by atoms with Gasteiger partial charge in [0.1, 0.15) is 6.61 Å². The second-order valence-electron chi connectivity index (χ2n) is 4.51. The van der Waals surface area contributed by atoms with Crippen LogP contribution in [0, 0.1) is 0 Å². The van der Waals surface area contributed by atoms with Crippen LogP contribution in [0.1, 0.15) is 24.7 Å². The van der Waals surface area contributed by atoms with Crippen molar-refractivity contribution >= 4 is 11.6 Å². The Kier molecular flexibility index (Phi) is 7.36. The lowest BCUT2D eigenvalue weighted by atomic mass is 10.1. The van der Waals surface area contributed by atoms with Gasteiger partial charge >= 0.3 is 0 Å². The summed E-state index contributed by atoms with van der Waals surface area (Å²) in [5.41, 5.74) is 4.37. The second-order valence-corrected chi connectivity index (χ2v) is 4.88. The maximum atomic E-state index is 11.9. The highest BCUT2D eigenvalue weighted by atomic mass is 35.5. The van der Waals surface area contributed by atoms with Crippen molar-refractivity contribution in [1.82, 2.24) is 15.2 Å². The number of alkyl halides is 2. The number of aromatic nitrogens is 2. The van der Waals surface area contributed by atoms with Crippen LogP contribution in [0.4, 0.5) is 8.78 Å². The molecule has 0 saturated carbocycles. The Bertz CT molecular complexity index is 414. The molecule has 1 aromatic heterocycles. The molecule has 3 N–H and O–H groups in total. The van der Waals surface area contributed by atoms with Gasteiger partial charge in [-0.2, -0.15) is 5.10 Å². The van der Waals surface area contributed by atoms with E-state index in [1.165, 1.54) is 0 Å². The van der Waals surface area contributed by atoms with Crippen molar-refractivity contribution in [2.75, 3.05) is 13.2 Å². The van der Waals surface area contributed by atoms with Crippen molar-refractivity contribution in [3.05, 3.63) is 16.4 Å². The van der Waals surface area contributed by atoms with Crippen LogP contribution in [0.2, 0.25) is 5.02 Å². The topological polar surface area (TPSA) is 65.1 Å². The summed E-state index contributed by atoms with van der Waals surface area (Å²) >= 11 is 6.25. The lowest BCUT2D eigenvalue weighted by Crippen LogP contribution is -2.38. The SMILES string of the molecule is CCc1nn(C)c(CC(CCOCC(F)F)NN)c1Cl. The Balaban J connectivity index is 2.53. The summed E-state index contributed by atoms with van der Waals surface area (Å²) in [5, 5.41) is 4.96. The van der Waals surface area contributed by atoms with Gasteiger partial charge in [-0.25, -0.2) is 8.78 Å². The Morgan fingerprint density at radius 2 is 2.20 bits per heavy atom. The van der Waals surface area contributed by atoms with E-state index in [9.17, 15) is 8.78 Å². The van der Waals surface area contributed by atoms with Crippen LogP contribution in [0.25, 0.3) is 0 Å². The zero-order valence-electron chi connectivity index (χ0n) is 11.7. The summed E-state index contributed by atoms with van der Waals surface area (Å²) in [5.74, 6) is 5.48. The number of hydrogen-bond acceptors (Lipinski definition) is 4. The van der Waals surface area contributed by atoms with Crippen molar-refractivity contribution in [3.63, 3.8) is 0 Å². The lowest BCUT2D eigenvalue weighted by molar-refractivity contribution is 0.0144. The van der Waals surface area contributed by atoms with Crippen LogP contribution >= 0.6 is 11.6 Å². The Hall–Kier alpha value is -0.760. The average molecular weight is 311 g/mol. The van der Waals surface area contributed by atoms with Crippen LogP contribution in [0.5, 0.6) is 0 Å². The molecule has 1 heterocycles. The van der Waals surface area contributed by atoms with E-state index >= 15 is 0 Å². The fourth-order valence-electron chi connectivity index (χ4n) is 1.92. The number of hydrogen-bond donors (Lipinski definition) is 2. The molecule has 1 unspecified atom stereocenters. The van der Waals surface area contributed by atoms with Gasteiger partial charge in [0.15, 0.2) is 0 Å². The number of nitrogens with two attached hydrogens (primary N) is 1. The number of rotatable bonds is 9. The molecule has 0 aliphatic heterocycles. The first-order chi connectivity index (χ1) is 9.49. The molecule has 0 aliphatic rings. The zero-order chi connectivity index (χ0) is 15.1. The van der Waals surface area contributed by atoms with Crippen molar-refractivity contribution < 1.29 is 13.5 Å². The molecule has 0 radical (unpaired) electrons. The van der Waals surface area contributed by atoms with E-state index in [0.717, 1.165) is 17.8 Å². The van der Waals surface area contributed by atoms with Gasteiger partial charge in [-0.1, -0.05) is 18.5 Å². The minimum atomic E-state index is -2.45. The number of halogens is 3. The predicted octanol–water partition coefficient (Wildman–Crippen LogP) is 1.68. The highest BCUT2D eigenvalue weighted by Gasteiger charge is 2.17. The minimum Gasteiger partial charge on any atom is -0.375 e. The molecular formula is C12H21ClF2N4O. The molecule has 0 fully saturated rings. The number of nitrogens with one attached hydrogen (secondary N) is 1. The van der Waals surface area contributed by atoms with Gasteiger partial charge in [0.25, 0.3) is 6.43 Å². The van der Waals surface area contributed by atoms with E-state index in [1.807, 2.05) is 14.0 Å². The van der Waals surface area contributed by atoms with Crippen LogP contribution in [0.15, 0.2) is 0 Å². The van der Waals surface area contributed by atoms with Crippen molar-refractivity contribution in [2.45, 2.75) is 38.7 Å². The molecular weight excluding hydrogens is 290 g/mol. The summed E-state index contributed by atoms with van der Waals surface area (Å²) in [7, 11) is 1.82. The fraction of sp³-hybridized carbons (Fsp3) is 0.750. The Morgan fingerprint density at radius 1 is 1.50 bits per heavy atom. The van der Waals surface area contributed by atoms with Gasteiger partial charge in [0.2, 0.25) is 0 Å². The highest BCUT2D eigenvalue weighted by Crippen LogP contribution is 2.22. The first kappa shape index (κ1) is 17.3. The molecule has 0 saturated heterocycles. The third kappa shape index (κ3) is 4.97. The molecule has 1 atom stereocenters. The molecule has 0 bridgehead atoms. The maximum Gasteiger partial charge on any atom is 0.261 e. The van der Waals surface area contributed by atoms with Crippen molar-refractivity contribution in [2.24, 2.45) is 12.9 Å². The van der Waals surface area contributed by atoms with Gasteiger partial charge in [-0.05, 0) is 12.8 Å². The molecule has 0 spiro atoms. The lowest BCUT2D eigenvalue weighted by Gasteiger charge is -2.16. The average Bonchev–Trinajstić information content (AvgIpc) is 2.68. The van der Waals surface area contributed by atoms with Crippen LogP contribution < -0.4 is 11.3 Å². The van der Waals surface area contributed by atoms with Crippen LogP contribution in [-0.2, 0) is 24.6 Å². The minimum absolute atomic E-state index is 0.106. The molecule has 8 heteroatoms. The van der Waals surface area contributed by atoms with Crippen molar-refractivity contribution in [3.8, 4) is 0 Å². The Morgan fingerprint density at radius 3 is 2.70 bits per heavy atom.